The Balaban J connectivity index is 3.65. The SMILES string of the molecule is CCCCCCCCCCCCCCCCCCCCCCCCCCCCCC(=O)N[C@@H](COP(=O)(O)O)[C@H](O)CCCCCCCCCCC. The molecule has 0 fully saturated rings. The van der Waals surface area contributed by atoms with Gasteiger partial charge >= 0.3 is 7.82 Å². The van der Waals surface area contributed by atoms with Crippen LogP contribution in [0.4, 0.5) is 0 Å². The summed E-state index contributed by atoms with van der Waals surface area (Å²) >= 11 is 0. The van der Waals surface area contributed by atoms with Gasteiger partial charge < -0.3 is 20.2 Å². The highest BCUT2D eigenvalue weighted by atomic mass is 31.2. The average molecular weight is 760 g/mol. The summed E-state index contributed by atoms with van der Waals surface area (Å²) in [5.74, 6) is -0.190. The lowest BCUT2D eigenvalue weighted by Crippen LogP contribution is -2.46. The number of aliphatic hydroxyl groups is 1. The predicted molar refractivity (Wildman–Crippen MR) is 223 cm³/mol. The number of amides is 1. The van der Waals surface area contributed by atoms with Crippen molar-refractivity contribution in [1.82, 2.24) is 5.32 Å². The molecule has 2 atom stereocenters. The van der Waals surface area contributed by atoms with E-state index in [0.29, 0.717) is 12.8 Å². The molecule has 0 aromatic heterocycles. The van der Waals surface area contributed by atoms with Crippen molar-refractivity contribution < 1.29 is 28.8 Å². The molecule has 52 heavy (non-hydrogen) atoms. The van der Waals surface area contributed by atoms with Gasteiger partial charge in [0.05, 0.1) is 18.8 Å². The van der Waals surface area contributed by atoms with E-state index < -0.39 is 26.6 Å². The van der Waals surface area contributed by atoms with Crippen LogP contribution in [0, 0.1) is 0 Å². The topological polar surface area (TPSA) is 116 Å². The van der Waals surface area contributed by atoms with Crippen molar-refractivity contribution >= 4 is 13.7 Å². The summed E-state index contributed by atoms with van der Waals surface area (Å²) in [5, 5.41) is 13.5. The number of rotatable bonds is 43. The fourth-order valence-corrected chi connectivity index (χ4v) is 7.70. The standard InChI is InChI=1S/C44H90NO6P/c1-3-5-7-9-11-13-14-15-16-17-18-19-20-21-22-23-24-25-26-27-28-29-30-32-34-36-38-40-44(47)45-42(41-51-52(48,49)50)43(46)39-37-35-33-31-12-10-8-6-4-2/h42-43,46H,3-41H2,1-2H3,(H,45,47)(H2,48,49,50)/t42-,43+/m0/s1. The molecule has 8 heteroatoms. The van der Waals surface area contributed by atoms with Gasteiger partial charge in [-0.15, -0.1) is 0 Å². The van der Waals surface area contributed by atoms with Crippen LogP contribution in [-0.2, 0) is 13.9 Å². The molecule has 0 aliphatic heterocycles. The van der Waals surface area contributed by atoms with Gasteiger partial charge in [-0.1, -0.05) is 239 Å². The van der Waals surface area contributed by atoms with E-state index in [1.165, 1.54) is 193 Å². The molecule has 1 amide bonds. The van der Waals surface area contributed by atoms with E-state index in [4.69, 9.17) is 9.79 Å². The van der Waals surface area contributed by atoms with Crippen LogP contribution in [0.15, 0.2) is 0 Å². The number of hydrogen-bond donors (Lipinski definition) is 4. The molecule has 0 aromatic carbocycles. The number of hydrogen-bond acceptors (Lipinski definition) is 4. The van der Waals surface area contributed by atoms with Crippen LogP contribution >= 0.6 is 7.82 Å². The zero-order valence-electron chi connectivity index (χ0n) is 34.7. The highest BCUT2D eigenvalue weighted by Crippen LogP contribution is 2.36. The lowest BCUT2D eigenvalue weighted by Gasteiger charge is -2.24. The maximum atomic E-state index is 12.6. The lowest BCUT2D eigenvalue weighted by molar-refractivity contribution is -0.123. The summed E-state index contributed by atoms with van der Waals surface area (Å²) in [6, 6.07) is -0.817. The first-order chi connectivity index (χ1) is 25.3. The van der Waals surface area contributed by atoms with Crippen LogP contribution in [0.5, 0.6) is 0 Å². The number of phosphoric ester groups is 1. The monoisotopic (exact) mass is 760 g/mol. The first-order valence-corrected chi connectivity index (χ1v) is 24.5. The molecule has 0 aliphatic carbocycles. The van der Waals surface area contributed by atoms with Crippen LogP contribution in [-0.4, -0.2) is 39.6 Å². The van der Waals surface area contributed by atoms with E-state index in [1.807, 2.05) is 0 Å². The van der Waals surface area contributed by atoms with Gasteiger partial charge in [-0.3, -0.25) is 9.32 Å². The molecule has 0 bridgehead atoms. The van der Waals surface area contributed by atoms with Crippen LogP contribution in [0.3, 0.4) is 0 Å². The summed E-state index contributed by atoms with van der Waals surface area (Å²) in [6.07, 6.45) is 47.0. The Hall–Kier alpha value is -0.460. The molecule has 0 aromatic rings. The van der Waals surface area contributed by atoms with E-state index in [1.54, 1.807) is 0 Å². The Morgan fingerprint density at radius 3 is 1.04 bits per heavy atom. The summed E-state index contributed by atoms with van der Waals surface area (Å²) < 4.78 is 15.9. The largest absolute Gasteiger partial charge is 0.469 e. The van der Waals surface area contributed by atoms with Crippen molar-refractivity contribution in [3.63, 3.8) is 0 Å². The number of phosphoric acid groups is 1. The molecule has 0 heterocycles. The van der Waals surface area contributed by atoms with Gasteiger partial charge in [-0.2, -0.15) is 0 Å². The predicted octanol–water partition coefficient (Wildman–Crippen LogP) is 13.8. The highest BCUT2D eigenvalue weighted by molar-refractivity contribution is 7.46. The molecule has 0 unspecified atom stereocenters. The molecular formula is C44H90NO6P. The van der Waals surface area contributed by atoms with Crippen molar-refractivity contribution in [1.29, 1.82) is 0 Å². The van der Waals surface area contributed by atoms with E-state index in [-0.39, 0.29) is 5.91 Å². The Morgan fingerprint density at radius 1 is 0.481 bits per heavy atom. The van der Waals surface area contributed by atoms with E-state index in [2.05, 4.69) is 23.7 Å². The molecular weight excluding hydrogens is 669 g/mol. The van der Waals surface area contributed by atoms with Crippen molar-refractivity contribution in [3.05, 3.63) is 0 Å². The Labute approximate surface area is 323 Å². The summed E-state index contributed by atoms with van der Waals surface area (Å²) in [6.45, 7) is 4.12. The highest BCUT2D eigenvalue weighted by Gasteiger charge is 2.25. The maximum absolute atomic E-state index is 12.6. The van der Waals surface area contributed by atoms with Gasteiger partial charge in [0.1, 0.15) is 0 Å². The Bertz CT molecular complexity index is 778. The number of carbonyl (C=O) groups excluding carboxylic acids is 1. The Kier molecular flexibility index (Phi) is 39.9. The average Bonchev–Trinajstić information content (AvgIpc) is 3.11. The van der Waals surface area contributed by atoms with Gasteiger partial charge in [-0.05, 0) is 12.8 Å². The normalized spacial score (nSPS) is 13.1. The van der Waals surface area contributed by atoms with E-state index >= 15 is 0 Å². The number of nitrogens with one attached hydrogen (secondary N) is 1. The maximum Gasteiger partial charge on any atom is 0.469 e. The van der Waals surface area contributed by atoms with E-state index in [0.717, 1.165) is 38.5 Å². The Morgan fingerprint density at radius 2 is 0.750 bits per heavy atom. The van der Waals surface area contributed by atoms with Crippen LogP contribution in [0.2, 0.25) is 0 Å². The molecule has 7 nitrogen and oxygen atoms in total. The molecule has 312 valence electrons. The third-order valence-electron chi connectivity index (χ3n) is 10.8. The minimum Gasteiger partial charge on any atom is -0.391 e. The minimum atomic E-state index is -4.68. The van der Waals surface area contributed by atoms with Gasteiger partial charge in [0, 0.05) is 6.42 Å². The van der Waals surface area contributed by atoms with Crippen molar-refractivity contribution in [2.75, 3.05) is 6.61 Å². The molecule has 0 saturated carbocycles. The second-order valence-corrected chi connectivity index (χ2v) is 17.3. The molecule has 0 saturated heterocycles. The van der Waals surface area contributed by atoms with Crippen molar-refractivity contribution in [2.45, 2.75) is 270 Å². The summed E-state index contributed by atoms with van der Waals surface area (Å²) in [5.41, 5.74) is 0. The van der Waals surface area contributed by atoms with Crippen molar-refractivity contribution in [2.24, 2.45) is 0 Å². The quantitative estimate of drug-likeness (QED) is 0.0363. The number of unbranched alkanes of at least 4 members (excludes halogenated alkanes) is 34. The molecule has 4 N–H and O–H groups in total. The van der Waals surface area contributed by atoms with Crippen LogP contribution < -0.4 is 5.32 Å². The summed E-state index contributed by atoms with van der Waals surface area (Å²) in [7, 11) is -4.68. The van der Waals surface area contributed by atoms with Crippen LogP contribution in [0.1, 0.15) is 258 Å². The lowest BCUT2D eigenvalue weighted by atomic mass is 10.0. The number of carbonyl (C=O) groups is 1. The smallest absolute Gasteiger partial charge is 0.391 e. The number of aliphatic hydroxyl groups excluding tert-OH is 1. The zero-order chi connectivity index (χ0) is 38.2. The first-order valence-electron chi connectivity index (χ1n) is 23.0. The molecule has 0 rings (SSSR count). The molecule has 0 aliphatic rings. The van der Waals surface area contributed by atoms with E-state index in [9.17, 15) is 14.5 Å². The molecule has 0 spiro atoms. The van der Waals surface area contributed by atoms with Gasteiger partial charge in [-0.25, -0.2) is 4.57 Å². The first kappa shape index (κ1) is 51.5. The van der Waals surface area contributed by atoms with Gasteiger partial charge in [0.25, 0.3) is 0 Å². The second kappa shape index (κ2) is 40.2. The molecule has 0 radical (unpaired) electrons. The summed E-state index contributed by atoms with van der Waals surface area (Å²) in [4.78, 5) is 30.9. The third-order valence-corrected chi connectivity index (χ3v) is 11.3. The minimum absolute atomic E-state index is 0.190. The van der Waals surface area contributed by atoms with Gasteiger partial charge in [0.2, 0.25) is 5.91 Å². The van der Waals surface area contributed by atoms with Crippen LogP contribution in [0.25, 0.3) is 0 Å². The zero-order valence-corrected chi connectivity index (χ0v) is 35.6. The second-order valence-electron chi connectivity index (χ2n) is 16.1. The fraction of sp³-hybridized carbons (Fsp3) is 0.977. The van der Waals surface area contributed by atoms with Crippen molar-refractivity contribution in [3.8, 4) is 0 Å². The van der Waals surface area contributed by atoms with Gasteiger partial charge in [0.15, 0.2) is 0 Å². The fourth-order valence-electron chi connectivity index (χ4n) is 7.35. The third kappa shape index (κ3) is 40.7.